The molecule has 0 radical (unpaired) electrons. The van der Waals surface area contributed by atoms with Crippen LogP contribution in [0.3, 0.4) is 0 Å². The van der Waals surface area contributed by atoms with Crippen molar-refractivity contribution >= 4 is 34.4 Å². The second-order valence-corrected chi connectivity index (χ2v) is 6.16. The third-order valence-corrected chi connectivity index (χ3v) is 4.58. The molecule has 0 amide bonds. The van der Waals surface area contributed by atoms with E-state index < -0.39 is 0 Å². The molecule has 2 N–H and O–H groups in total. The first-order valence-electron chi connectivity index (χ1n) is 7.65. The number of nitrogen functional groups attached to an aromatic ring is 1. The van der Waals surface area contributed by atoms with Gasteiger partial charge in [-0.1, -0.05) is 29.8 Å². The SMILES string of the molecule is Cn1nc2nc(N3CCCC3)nc(-c3ccccc3Cl)c2c1N. The molecule has 23 heavy (non-hydrogen) atoms. The Kier molecular flexibility index (Phi) is 3.34. The van der Waals surface area contributed by atoms with Crippen molar-refractivity contribution in [1.82, 2.24) is 19.7 Å². The molecule has 0 saturated carbocycles. The molecule has 1 fully saturated rings. The number of halogens is 1. The van der Waals surface area contributed by atoms with E-state index in [1.54, 1.807) is 4.68 Å². The summed E-state index contributed by atoms with van der Waals surface area (Å²) in [6.45, 7) is 1.94. The molecule has 118 valence electrons. The predicted molar refractivity (Wildman–Crippen MR) is 92.6 cm³/mol. The molecule has 1 aromatic carbocycles. The van der Waals surface area contributed by atoms with Gasteiger partial charge in [0.25, 0.3) is 0 Å². The first-order valence-corrected chi connectivity index (χ1v) is 8.03. The van der Waals surface area contributed by atoms with E-state index in [0.29, 0.717) is 22.4 Å². The van der Waals surface area contributed by atoms with Crippen molar-refractivity contribution in [3.63, 3.8) is 0 Å². The summed E-state index contributed by atoms with van der Waals surface area (Å²) in [4.78, 5) is 11.6. The van der Waals surface area contributed by atoms with Crippen molar-refractivity contribution < 1.29 is 0 Å². The van der Waals surface area contributed by atoms with E-state index in [4.69, 9.17) is 22.3 Å². The fourth-order valence-corrected chi connectivity index (χ4v) is 3.24. The van der Waals surface area contributed by atoms with Gasteiger partial charge in [0.05, 0.1) is 11.1 Å². The Balaban J connectivity index is 2.01. The van der Waals surface area contributed by atoms with Gasteiger partial charge in [-0.15, -0.1) is 0 Å². The fourth-order valence-electron chi connectivity index (χ4n) is 3.01. The Morgan fingerprint density at radius 3 is 2.61 bits per heavy atom. The van der Waals surface area contributed by atoms with Gasteiger partial charge in [-0.05, 0) is 18.9 Å². The maximum absolute atomic E-state index is 6.39. The topological polar surface area (TPSA) is 72.9 Å². The second kappa shape index (κ2) is 5.38. The minimum absolute atomic E-state index is 0.544. The van der Waals surface area contributed by atoms with Crippen molar-refractivity contribution in [3.8, 4) is 11.3 Å². The molecule has 0 aliphatic carbocycles. The Hall–Kier alpha value is -2.34. The Bertz CT molecular complexity index is 882. The predicted octanol–water partition coefficient (Wildman–Crippen LogP) is 2.87. The molecule has 1 aliphatic rings. The van der Waals surface area contributed by atoms with E-state index in [0.717, 1.165) is 42.6 Å². The Labute approximate surface area is 138 Å². The lowest BCUT2D eigenvalue weighted by Crippen LogP contribution is -2.20. The molecule has 1 saturated heterocycles. The van der Waals surface area contributed by atoms with Crippen LogP contribution in [-0.2, 0) is 7.05 Å². The van der Waals surface area contributed by atoms with Gasteiger partial charge in [0, 0.05) is 30.7 Å². The number of aryl methyl sites for hydroxylation is 1. The lowest BCUT2D eigenvalue weighted by atomic mass is 10.1. The van der Waals surface area contributed by atoms with E-state index in [1.165, 1.54) is 0 Å². The summed E-state index contributed by atoms with van der Waals surface area (Å²) in [6, 6.07) is 7.65. The van der Waals surface area contributed by atoms with Crippen molar-refractivity contribution in [2.24, 2.45) is 7.05 Å². The second-order valence-electron chi connectivity index (χ2n) is 5.75. The molecule has 7 heteroatoms. The van der Waals surface area contributed by atoms with Crippen molar-refractivity contribution in [2.45, 2.75) is 12.8 Å². The van der Waals surface area contributed by atoms with Crippen molar-refractivity contribution in [3.05, 3.63) is 29.3 Å². The van der Waals surface area contributed by atoms with Crippen LogP contribution in [0.25, 0.3) is 22.3 Å². The van der Waals surface area contributed by atoms with Crippen LogP contribution in [0, 0.1) is 0 Å². The lowest BCUT2D eigenvalue weighted by molar-refractivity contribution is 0.785. The van der Waals surface area contributed by atoms with Gasteiger partial charge in [0.2, 0.25) is 5.95 Å². The van der Waals surface area contributed by atoms with Crippen LogP contribution in [0.1, 0.15) is 12.8 Å². The largest absolute Gasteiger partial charge is 0.383 e. The molecular formula is C16H17ClN6. The van der Waals surface area contributed by atoms with E-state index in [2.05, 4.69) is 15.0 Å². The molecule has 1 aliphatic heterocycles. The van der Waals surface area contributed by atoms with Crippen LogP contribution in [0.2, 0.25) is 5.02 Å². The number of benzene rings is 1. The molecule has 0 spiro atoms. The summed E-state index contributed by atoms with van der Waals surface area (Å²) in [5, 5.41) is 5.83. The molecule has 3 heterocycles. The Morgan fingerprint density at radius 1 is 1.13 bits per heavy atom. The van der Waals surface area contributed by atoms with Crippen molar-refractivity contribution in [1.29, 1.82) is 0 Å². The zero-order valence-electron chi connectivity index (χ0n) is 12.8. The molecule has 4 rings (SSSR count). The highest BCUT2D eigenvalue weighted by molar-refractivity contribution is 6.33. The van der Waals surface area contributed by atoms with Crippen LogP contribution in [-0.4, -0.2) is 32.8 Å². The average Bonchev–Trinajstić information content (AvgIpc) is 3.16. The molecule has 0 bridgehead atoms. The average molecular weight is 329 g/mol. The molecule has 6 nitrogen and oxygen atoms in total. The summed E-state index contributed by atoms with van der Waals surface area (Å²) >= 11 is 6.39. The zero-order chi connectivity index (χ0) is 16.0. The fraction of sp³-hybridized carbons (Fsp3) is 0.312. The van der Waals surface area contributed by atoms with Gasteiger partial charge < -0.3 is 10.6 Å². The van der Waals surface area contributed by atoms with Gasteiger partial charge in [-0.3, -0.25) is 4.68 Å². The number of nitrogens with zero attached hydrogens (tertiary/aromatic N) is 5. The van der Waals surface area contributed by atoms with Crippen LogP contribution in [0.4, 0.5) is 11.8 Å². The van der Waals surface area contributed by atoms with Crippen LogP contribution in [0.15, 0.2) is 24.3 Å². The number of nitrogens with two attached hydrogens (primary N) is 1. The minimum Gasteiger partial charge on any atom is -0.383 e. The lowest BCUT2D eigenvalue weighted by Gasteiger charge is -2.16. The third-order valence-electron chi connectivity index (χ3n) is 4.25. The summed E-state index contributed by atoms with van der Waals surface area (Å²) in [5.41, 5.74) is 8.39. The van der Waals surface area contributed by atoms with E-state index >= 15 is 0 Å². The number of anilines is 2. The monoisotopic (exact) mass is 328 g/mol. The van der Waals surface area contributed by atoms with Gasteiger partial charge in [-0.2, -0.15) is 10.1 Å². The highest BCUT2D eigenvalue weighted by Crippen LogP contribution is 2.35. The first kappa shape index (κ1) is 14.3. The summed E-state index contributed by atoms with van der Waals surface area (Å²) in [5.74, 6) is 1.24. The maximum Gasteiger partial charge on any atom is 0.228 e. The molecular weight excluding hydrogens is 312 g/mol. The van der Waals surface area contributed by atoms with E-state index in [9.17, 15) is 0 Å². The summed E-state index contributed by atoms with van der Waals surface area (Å²) in [7, 11) is 1.81. The van der Waals surface area contributed by atoms with Crippen LogP contribution in [0.5, 0.6) is 0 Å². The third kappa shape index (κ3) is 2.30. The number of rotatable bonds is 2. The summed E-state index contributed by atoms with van der Waals surface area (Å²) in [6.07, 6.45) is 2.32. The van der Waals surface area contributed by atoms with Gasteiger partial charge >= 0.3 is 0 Å². The van der Waals surface area contributed by atoms with Crippen molar-refractivity contribution in [2.75, 3.05) is 23.7 Å². The number of hydrogen-bond donors (Lipinski definition) is 1. The molecule has 0 atom stereocenters. The highest BCUT2D eigenvalue weighted by Gasteiger charge is 2.22. The van der Waals surface area contributed by atoms with E-state index in [-0.39, 0.29) is 0 Å². The minimum atomic E-state index is 0.544. The summed E-state index contributed by atoms with van der Waals surface area (Å²) < 4.78 is 1.63. The van der Waals surface area contributed by atoms with Gasteiger partial charge in [0.15, 0.2) is 5.65 Å². The molecule has 2 aromatic heterocycles. The number of hydrogen-bond acceptors (Lipinski definition) is 5. The normalized spacial score (nSPS) is 14.8. The Morgan fingerprint density at radius 2 is 1.87 bits per heavy atom. The van der Waals surface area contributed by atoms with E-state index in [1.807, 2.05) is 31.3 Å². The van der Waals surface area contributed by atoms with Gasteiger partial charge in [-0.25, -0.2) is 4.98 Å². The van der Waals surface area contributed by atoms with Gasteiger partial charge in [0.1, 0.15) is 5.82 Å². The van der Waals surface area contributed by atoms with Crippen LogP contribution < -0.4 is 10.6 Å². The quantitative estimate of drug-likeness (QED) is 0.783. The number of fused-ring (bicyclic) bond motifs is 1. The van der Waals surface area contributed by atoms with Crippen LogP contribution >= 0.6 is 11.6 Å². The standard InChI is InChI=1S/C16H17ClN6/c1-22-14(18)12-13(10-6-2-3-7-11(10)17)19-16(20-15(12)21-22)23-8-4-5-9-23/h2-3,6-7H,4-5,8-9,18H2,1H3. The molecule has 3 aromatic rings. The zero-order valence-corrected chi connectivity index (χ0v) is 13.6. The highest BCUT2D eigenvalue weighted by atomic mass is 35.5. The number of aromatic nitrogens is 4. The first-order chi connectivity index (χ1) is 11.1. The maximum atomic E-state index is 6.39. The molecule has 0 unspecified atom stereocenters. The smallest absolute Gasteiger partial charge is 0.228 e.